The van der Waals surface area contributed by atoms with E-state index in [1.54, 1.807) is 17.0 Å². The number of phenolic OH excluding ortho intramolecular Hbond substituents is 1. The number of imide groups is 2. The number of fused-ring (bicyclic) bond motifs is 4. The maximum absolute atomic E-state index is 15.2. The summed E-state index contributed by atoms with van der Waals surface area (Å²) in [7, 11) is 0. The highest BCUT2D eigenvalue weighted by atomic mass is 79.9. The van der Waals surface area contributed by atoms with Crippen LogP contribution < -0.4 is 5.43 Å². The molecule has 0 aromatic heterocycles. The molecule has 5 aliphatic rings. The van der Waals surface area contributed by atoms with Gasteiger partial charge in [-0.2, -0.15) is 5.01 Å². The van der Waals surface area contributed by atoms with Gasteiger partial charge in [0.2, 0.25) is 11.8 Å². The zero-order chi connectivity index (χ0) is 33.3. The summed E-state index contributed by atoms with van der Waals surface area (Å²) in [5.41, 5.74) is 5.37. The number of hydrogen-bond acceptors (Lipinski definition) is 6. The second-order valence-electron chi connectivity index (χ2n) is 14.1. The molecule has 0 bridgehead atoms. The minimum Gasteiger partial charge on any atom is -0.508 e. The maximum Gasteiger partial charge on any atom is 0.260 e. The molecule has 246 valence electrons. The number of halogens is 1. The molecule has 8 rings (SSSR count). The SMILES string of the molecule is Cc1ccc(NN2C(=O)[C@@H]3C[C@@H]4C(=CC[C@@H]5C(=O)N(C6CCCCC6)C(=O)[C@@H]54)[C@H](c4cc(Br)ccc4O)[C@]3(c3ccccc3)C2=O)cc1. The molecule has 2 saturated heterocycles. The number of allylic oxidation sites excluding steroid dienone is 2. The van der Waals surface area contributed by atoms with Crippen LogP contribution >= 0.6 is 15.9 Å². The second kappa shape index (κ2) is 11.7. The van der Waals surface area contributed by atoms with Crippen molar-refractivity contribution in [3.8, 4) is 5.75 Å². The average Bonchev–Trinajstić information content (AvgIpc) is 3.48. The predicted octanol–water partition coefficient (Wildman–Crippen LogP) is 6.78. The van der Waals surface area contributed by atoms with Gasteiger partial charge in [0.15, 0.2) is 0 Å². The number of nitrogens with zero attached hydrogens (tertiary/aromatic N) is 2. The first-order chi connectivity index (χ1) is 23.2. The first-order valence-corrected chi connectivity index (χ1v) is 17.8. The van der Waals surface area contributed by atoms with Crippen LogP contribution in [0.5, 0.6) is 5.75 Å². The first kappa shape index (κ1) is 31.1. The monoisotopic (exact) mass is 707 g/mol. The molecule has 9 heteroatoms. The molecule has 3 aliphatic carbocycles. The summed E-state index contributed by atoms with van der Waals surface area (Å²) in [6.07, 6.45) is 7.40. The third-order valence-electron chi connectivity index (χ3n) is 11.7. The van der Waals surface area contributed by atoms with Gasteiger partial charge in [-0.3, -0.25) is 29.5 Å². The lowest BCUT2D eigenvalue weighted by Gasteiger charge is -2.50. The van der Waals surface area contributed by atoms with E-state index in [-0.39, 0.29) is 35.9 Å². The van der Waals surface area contributed by atoms with Crippen LogP contribution in [-0.4, -0.2) is 44.7 Å². The van der Waals surface area contributed by atoms with Crippen molar-refractivity contribution in [1.29, 1.82) is 0 Å². The highest BCUT2D eigenvalue weighted by Crippen LogP contribution is 2.65. The number of aryl methyl sites for hydroxylation is 1. The summed E-state index contributed by atoms with van der Waals surface area (Å²) in [6, 6.07) is 21.9. The molecule has 48 heavy (non-hydrogen) atoms. The number of rotatable bonds is 5. The molecule has 4 fully saturated rings. The highest BCUT2D eigenvalue weighted by Gasteiger charge is 2.70. The van der Waals surface area contributed by atoms with Crippen molar-refractivity contribution >= 4 is 45.2 Å². The summed E-state index contributed by atoms with van der Waals surface area (Å²) in [4.78, 5) is 59.9. The maximum atomic E-state index is 15.2. The third-order valence-corrected chi connectivity index (χ3v) is 12.2. The van der Waals surface area contributed by atoms with Gasteiger partial charge in [0.1, 0.15) is 5.75 Å². The summed E-state index contributed by atoms with van der Waals surface area (Å²) >= 11 is 3.59. The molecule has 0 unspecified atom stereocenters. The fraction of sp³-hybridized carbons (Fsp3) is 0.385. The topological polar surface area (TPSA) is 107 Å². The molecular weight excluding hydrogens is 670 g/mol. The van der Waals surface area contributed by atoms with Gasteiger partial charge in [0.25, 0.3) is 11.8 Å². The number of nitrogens with one attached hydrogen (secondary N) is 1. The Morgan fingerprint density at radius 3 is 2.31 bits per heavy atom. The van der Waals surface area contributed by atoms with Crippen LogP contribution in [0.25, 0.3) is 0 Å². The molecule has 8 nitrogen and oxygen atoms in total. The van der Waals surface area contributed by atoms with E-state index in [0.717, 1.165) is 48.2 Å². The Morgan fingerprint density at radius 2 is 1.58 bits per heavy atom. The minimum atomic E-state index is -1.42. The van der Waals surface area contributed by atoms with Gasteiger partial charge < -0.3 is 5.11 Å². The number of likely N-dealkylation sites (tertiary alicyclic amines) is 1. The molecule has 4 amide bonds. The van der Waals surface area contributed by atoms with Crippen LogP contribution in [0.2, 0.25) is 0 Å². The van der Waals surface area contributed by atoms with Crippen molar-refractivity contribution in [2.45, 2.75) is 69.2 Å². The zero-order valence-electron chi connectivity index (χ0n) is 26.8. The van der Waals surface area contributed by atoms with Crippen LogP contribution in [0.3, 0.4) is 0 Å². The van der Waals surface area contributed by atoms with Crippen molar-refractivity contribution in [3.05, 3.63) is 106 Å². The molecule has 0 radical (unpaired) electrons. The van der Waals surface area contributed by atoms with Crippen LogP contribution in [0.15, 0.2) is 88.9 Å². The van der Waals surface area contributed by atoms with E-state index in [2.05, 4.69) is 21.4 Å². The van der Waals surface area contributed by atoms with E-state index in [4.69, 9.17) is 0 Å². The van der Waals surface area contributed by atoms with Crippen molar-refractivity contribution in [1.82, 2.24) is 9.91 Å². The summed E-state index contributed by atoms with van der Waals surface area (Å²) in [5.74, 6) is -4.24. The van der Waals surface area contributed by atoms with E-state index in [1.807, 2.05) is 73.7 Å². The smallest absolute Gasteiger partial charge is 0.260 e. The van der Waals surface area contributed by atoms with E-state index in [0.29, 0.717) is 27.7 Å². The molecule has 2 N–H and O–H groups in total. The summed E-state index contributed by atoms with van der Waals surface area (Å²) < 4.78 is 0.716. The van der Waals surface area contributed by atoms with E-state index >= 15 is 4.79 Å². The molecule has 6 atom stereocenters. The van der Waals surface area contributed by atoms with E-state index in [1.165, 1.54) is 0 Å². The first-order valence-electron chi connectivity index (χ1n) is 17.0. The lowest BCUT2D eigenvalue weighted by Crippen LogP contribution is -2.53. The second-order valence-corrected chi connectivity index (χ2v) is 15.0. The largest absolute Gasteiger partial charge is 0.508 e. The number of phenols is 1. The van der Waals surface area contributed by atoms with Crippen molar-refractivity contribution in [3.63, 3.8) is 0 Å². The average molecular weight is 709 g/mol. The molecule has 2 saturated carbocycles. The fourth-order valence-electron chi connectivity index (χ4n) is 9.57. The predicted molar refractivity (Wildman–Crippen MR) is 183 cm³/mol. The van der Waals surface area contributed by atoms with Gasteiger partial charge in [-0.05, 0) is 74.4 Å². The Bertz CT molecular complexity index is 1850. The van der Waals surface area contributed by atoms with Crippen LogP contribution in [0.4, 0.5) is 5.69 Å². The Kier molecular flexibility index (Phi) is 7.58. The Hall–Kier alpha value is -4.24. The van der Waals surface area contributed by atoms with Crippen LogP contribution in [0, 0.1) is 30.6 Å². The van der Waals surface area contributed by atoms with Gasteiger partial charge in [-0.15, -0.1) is 0 Å². The number of benzene rings is 3. The quantitative estimate of drug-likeness (QED) is 0.224. The number of hydrogen-bond donors (Lipinski definition) is 2. The minimum absolute atomic E-state index is 0.00350. The normalized spacial score (nSPS) is 30.2. The molecular formula is C39H38BrN3O5. The van der Waals surface area contributed by atoms with E-state index < -0.39 is 40.9 Å². The molecule has 3 aromatic carbocycles. The number of carbonyl (C=O) groups is 4. The molecule has 2 heterocycles. The van der Waals surface area contributed by atoms with Gasteiger partial charge in [0, 0.05) is 22.0 Å². The number of anilines is 1. The molecule has 2 aliphatic heterocycles. The fourth-order valence-corrected chi connectivity index (χ4v) is 9.95. The lowest BCUT2D eigenvalue weighted by atomic mass is 9.49. The Morgan fingerprint density at radius 1 is 0.854 bits per heavy atom. The van der Waals surface area contributed by atoms with Gasteiger partial charge in [0.05, 0.1) is 28.9 Å². The van der Waals surface area contributed by atoms with Gasteiger partial charge in [-0.1, -0.05) is 94.9 Å². The summed E-state index contributed by atoms with van der Waals surface area (Å²) in [5, 5.41) is 12.7. The van der Waals surface area contributed by atoms with Crippen molar-refractivity contribution in [2.75, 3.05) is 5.43 Å². The molecule has 3 aromatic rings. The lowest BCUT2D eigenvalue weighted by molar-refractivity contribution is -0.144. The van der Waals surface area contributed by atoms with Crippen molar-refractivity contribution in [2.24, 2.45) is 23.7 Å². The van der Waals surface area contributed by atoms with Gasteiger partial charge >= 0.3 is 0 Å². The van der Waals surface area contributed by atoms with Crippen LogP contribution in [-0.2, 0) is 24.6 Å². The number of aromatic hydroxyl groups is 1. The van der Waals surface area contributed by atoms with E-state index in [9.17, 15) is 19.5 Å². The number of hydrazine groups is 1. The molecule has 0 spiro atoms. The number of amides is 4. The van der Waals surface area contributed by atoms with Gasteiger partial charge in [-0.25, -0.2) is 0 Å². The standard InChI is InChI=1S/C39H38BrN3O5/c1-22-12-15-25(16-13-22)41-43-36(46)31-21-29-27(17-18-28-33(29)37(47)42(35(28)45)26-10-6-3-7-11-26)34(30-20-24(40)14-19-32(30)44)39(31,38(43)48)23-8-4-2-5-9-23/h2,4-5,8-9,12-17,19-20,26,28-29,31,33-34,41,44H,3,6-7,10-11,18,21H2,1H3/t28-,29+,31-,33-,34+,39+/m0/s1. The third kappa shape index (κ3) is 4.53. The summed E-state index contributed by atoms with van der Waals surface area (Å²) in [6.45, 7) is 1.97. The Balaban J connectivity index is 1.31. The number of carbonyl (C=O) groups excluding carboxylic acids is 4. The highest BCUT2D eigenvalue weighted by molar-refractivity contribution is 9.10. The zero-order valence-corrected chi connectivity index (χ0v) is 28.4. The van der Waals surface area contributed by atoms with Crippen molar-refractivity contribution < 1.29 is 24.3 Å². The van der Waals surface area contributed by atoms with Crippen LogP contribution in [0.1, 0.15) is 67.6 Å². The Labute approximate surface area is 288 Å².